The molecule has 1 atom stereocenters. The molecule has 0 fully saturated rings. The van der Waals surface area contributed by atoms with Gasteiger partial charge in [-0.1, -0.05) is 0 Å². The number of rotatable bonds is 7. The molecule has 0 saturated heterocycles. The fourth-order valence-electron chi connectivity index (χ4n) is 5.61. The first-order chi connectivity index (χ1) is 19.6. The van der Waals surface area contributed by atoms with E-state index in [9.17, 15) is 14.9 Å². The van der Waals surface area contributed by atoms with Gasteiger partial charge in [0.1, 0.15) is 23.2 Å². The monoisotopic (exact) mass is 550 g/mol. The fourth-order valence-corrected chi connectivity index (χ4v) is 5.61. The molecular formula is C32H34N6O3. The fraction of sp³-hybridized carbons (Fsp3) is 0.344. The smallest absolute Gasteiger partial charge is 0.254 e. The summed E-state index contributed by atoms with van der Waals surface area (Å²) in [6.07, 6.45) is 6.03. The minimum Gasteiger partial charge on any atom is -0.492 e. The number of pyridine rings is 2. The number of hydrogen-bond donors (Lipinski definition) is 0. The normalized spacial score (nSPS) is 13.6. The second kappa shape index (κ2) is 11.0. The van der Waals surface area contributed by atoms with E-state index in [1.807, 2.05) is 58.0 Å². The van der Waals surface area contributed by atoms with E-state index in [1.54, 1.807) is 23.7 Å². The van der Waals surface area contributed by atoms with E-state index in [-0.39, 0.29) is 17.5 Å². The lowest BCUT2D eigenvalue weighted by atomic mass is 9.86. The van der Waals surface area contributed by atoms with Crippen LogP contribution in [0.15, 0.2) is 47.7 Å². The maximum atomic E-state index is 14.2. The van der Waals surface area contributed by atoms with Crippen molar-refractivity contribution >= 4 is 5.91 Å². The number of benzene rings is 1. The zero-order valence-electron chi connectivity index (χ0n) is 24.4. The van der Waals surface area contributed by atoms with Crippen molar-refractivity contribution in [1.29, 1.82) is 5.26 Å². The van der Waals surface area contributed by atoms with E-state index in [2.05, 4.69) is 26.7 Å². The van der Waals surface area contributed by atoms with Crippen molar-refractivity contribution in [3.05, 3.63) is 98.2 Å². The number of ether oxygens (including phenoxy) is 1. The molecule has 3 aromatic heterocycles. The summed E-state index contributed by atoms with van der Waals surface area (Å²) in [6.45, 7) is 11.2. The van der Waals surface area contributed by atoms with Gasteiger partial charge in [-0.3, -0.25) is 14.6 Å². The molecule has 1 aliphatic heterocycles. The number of amides is 1. The predicted molar refractivity (Wildman–Crippen MR) is 156 cm³/mol. The molecule has 0 spiro atoms. The van der Waals surface area contributed by atoms with Crippen LogP contribution in [0.5, 0.6) is 5.75 Å². The van der Waals surface area contributed by atoms with Crippen LogP contribution in [-0.4, -0.2) is 43.1 Å². The topological polar surface area (TPSA) is 106 Å². The molecule has 1 aliphatic rings. The Labute approximate surface area is 239 Å². The van der Waals surface area contributed by atoms with Crippen LogP contribution in [0.3, 0.4) is 0 Å². The number of carbonyl (C=O) groups excluding carboxylic acids is 1. The van der Waals surface area contributed by atoms with Crippen LogP contribution in [0.4, 0.5) is 0 Å². The van der Waals surface area contributed by atoms with Crippen LogP contribution in [0.2, 0.25) is 0 Å². The summed E-state index contributed by atoms with van der Waals surface area (Å²) >= 11 is 0. The van der Waals surface area contributed by atoms with Gasteiger partial charge in [0, 0.05) is 62.0 Å². The Morgan fingerprint density at radius 3 is 2.51 bits per heavy atom. The van der Waals surface area contributed by atoms with Crippen LogP contribution in [0, 0.1) is 32.1 Å². The minimum atomic E-state index is -0.326. The number of carbonyl (C=O) groups is 1. The van der Waals surface area contributed by atoms with Crippen molar-refractivity contribution in [3.8, 4) is 22.9 Å². The number of aryl methyl sites for hydroxylation is 4. The maximum absolute atomic E-state index is 14.2. The standard InChI is InChI=1S/C32H34N6O3/c1-7-41-30-13-29(34-15-24(30)14-33)21(4)38-9-8-25-26(28-18-36(6)31(39)10-19(28)2)11-23(12-27(25)32(38)40)17-37-16-20(3)35-22(37)5/h10-13,15-16,18,21H,7-9,17H2,1-6H3/t21-/m0/s1. The highest BCUT2D eigenvalue weighted by molar-refractivity contribution is 5.99. The molecule has 0 aliphatic carbocycles. The highest BCUT2D eigenvalue weighted by Crippen LogP contribution is 2.36. The third kappa shape index (κ3) is 5.25. The number of nitrogens with zero attached hydrogens (tertiary/aromatic N) is 6. The maximum Gasteiger partial charge on any atom is 0.254 e. The molecule has 0 saturated carbocycles. The third-order valence-corrected chi connectivity index (χ3v) is 7.78. The van der Waals surface area contributed by atoms with Crippen LogP contribution in [0.1, 0.15) is 69.7 Å². The first-order valence-electron chi connectivity index (χ1n) is 13.8. The number of imidazole rings is 1. The van der Waals surface area contributed by atoms with Gasteiger partial charge in [0.15, 0.2) is 0 Å². The molecule has 4 aromatic rings. The van der Waals surface area contributed by atoms with Crippen LogP contribution < -0.4 is 10.3 Å². The molecule has 5 rings (SSSR count). The van der Waals surface area contributed by atoms with Gasteiger partial charge < -0.3 is 18.8 Å². The lowest BCUT2D eigenvalue weighted by molar-refractivity contribution is 0.0669. The van der Waals surface area contributed by atoms with Gasteiger partial charge in [-0.15, -0.1) is 0 Å². The molecule has 9 heteroatoms. The summed E-state index contributed by atoms with van der Waals surface area (Å²) in [7, 11) is 1.74. The largest absolute Gasteiger partial charge is 0.492 e. The minimum absolute atomic E-state index is 0.0711. The van der Waals surface area contributed by atoms with E-state index in [0.29, 0.717) is 48.7 Å². The Kier molecular flexibility index (Phi) is 7.50. The number of fused-ring (bicyclic) bond motifs is 1. The average Bonchev–Trinajstić information content (AvgIpc) is 3.26. The number of aromatic nitrogens is 4. The molecule has 4 heterocycles. The molecule has 210 valence electrons. The van der Waals surface area contributed by atoms with Crippen molar-refractivity contribution < 1.29 is 9.53 Å². The zero-order chi connectivity index (χ0) is 29.4. The van der Waals surface area contributed by atoms with Gasteiger partial charge in [0.2, 0.25) is 0 Å². The summed E-state index contributed by atoms with van der Waals surface area (Å²) in [6, 6.07) is 9.32. The Hall–Kier alpha value is -4.71. The van der Waals surface area contributed by atoms with Gasteiger partial charge in [0.05, 0.1) is 24.0 Å². The van der Waals surface area contributed by atoms with E-state index in [4.69, 9.17) is 4.74 Å². The Balaban J connectivity index is 1.60. The molecule has 0 radical (unpaired) electrons. The van der Waals surface area contributed by atoms with Gasteiger partial charge in [0.25, 0.3) is 11.5 Å². The third-order valence-electron chi connectivity index (χ3n) is 7.78. The van der Waals surface area contributed by atoms with E-state index < -0.39 is 0 Å². The number of hydrogen-bond acceptors (Lipinski definition) is 6. The first kappa shape index (κ1) is 27.8. The highest BCUT2D eigenvalue weighted by atomic mass is 16.5. The predicted octanol–water partition coefficient (Wildman–Crippen LogP) is 4.65. The summed E-state index contributed by atoms with van der Waals surface area (Å²) in [4.78, 5) is 37.4. The van der Waals surface area contributed by atoms with E-state index in [1.165, 1.54) is 6.20 Å². The second-order valence-corrected chi connectivity index (χ2v) is 10.6. The summed E-state index contributed by atoms with van der Waals surface area (Å²) in [5.74, 6) is 1.29. The molecule has 1 aromatic carbocycles. The molecular weight excluding hydrogens is 516 g/mol. The van der Waals surface area contributed by atoms with E-state index >= 15 is 0 Å². The van der Waals surface area contributed by atoms with Crippen molar-refractivity contribution in [2.45, 2.75) is 53.6 Å². The highest BCUT2D eigenvalue weighted by Gasteiger charge is 2.32. The molecule has 0 unspecified atom stereocenters. The molecule has 1 amide bonds. The summed E-state index contributed by atoms with van der Waals surface area (Å²) in [5.41, 5.74) is 7.28. The zero-order valence-corrected chi connectivity index (χ0v) is 24.4. The number of nitriles is 1. The average molecular weight is 551 g/mol. The van der Waals surface area contributed by atoms with Crippen molar-refractivity contribution in [1.82, 2.24) is 24.0 Å². The van der Waals surface area contributed by atoms with E-state index in [0.717, 1.165) is 39.3 Å². The second-order valence-electron chi connectivity index (χ2n) is 10.6. The molecule has 0 N–H and O–H groups in total. The summed E-state index contributed by atoms with van der Waals surface area (Å²) < 4.78 is 9.33. The van der Waals surface area contributed by atoms with Crippen LogP contribution >= 0.6 is 0 Å². The van der Waals surface area contributed by atoms with Gasteiger partial charge in [-0.2, -0.15) is 5.26 Å². The van der Waals surface area contributed by atoms with Gasteiger partial charge in [-0.25, -0.2) is 4.98 Å². The lowest BCUT2D eigenvalue weighted by Gasteiger charge is -2.35. The van der Waals surface area contributed by atoms with Gasteiger partial charge in [-0.05, 0) is 75.4 Å². The van der Waals surface area contributed by atoms with Crippen molar-refractivity contribution in [2.75, 3.05) is 13.2 Å². The molecule has 9 nitrogen and oxygen atoms in total. The Bertz CT molecular complexity index is 1760. The van der Waals surface area contributed by atoms with Crippen molar-refractivity contribution in [2.24, 2.45) is 7.05 Å². The van der Waals surface area contributed by atoms with Crippen LogP contribution in [0.25, 0.3) is 11.1 Å². The molecule has 0 bridgehead atoms. The van der Waals surface area contributed by atoms with Crippen LogP contribution in [-0.2, 0) is 20.0 Å². The van der Waals surface area contributed by atoms with Gasteiger partial charge >= 0.3 is 0 Å². The van der Waals surface area contributed by atoms with Crippen molar-refractivity contribution in [3.63, 3.8) is 0 Å². The summed E-state index contributed by atoms with van der Waals surface area (Å²) in [5, 5.41) is 9.44. The SMILES string of the molecule is CCOc1cc([C@H](C)N2CCc3c(cc(Cn4cc(C)nc4C)cc3-c3cn(C)c(=O)cc3C)C2=O)ncc1C#N. The lowest BCUT2D eigenvalue weighted by Crippen LogP contribution is -2.40. The molecule has 41 heavy (non-hydrogen) atoms. The quantitative estimate of drug-likeness (QED) is 0.332. The Morgan fingerprint density at radius 1 is 1.07 bits per heavy atom. The Morgan fingerprint density at radius 2 is 1.83 bits per heavy atom. The first-order valence-corrected chi connectivity index (χ1v) is 13.8.